The fourth-order valence-corrected chi connectivity index (χ4v) is 3.23. The van der Waals surface area contributed by atoms with Gasteiger partial charge in [0.2, 0.25) is 5.91 Å². The molecule has 2 fully saturated rings. The van der Waals surface area contributed by atoms with Crippen LogP contribution in [0.5, 0.6) is 5.75 Å². The molecule has 27 heavy (non-hydrogen) atoms. The molecule has 0 spiro atoms. The molecule has 0 aromatic heterocycles. The quantitative estimate of drug-likeness (QED) is 0.725. The Labute approximate surface area is 159 Å². The van der Waals surface area contributed by atoms with E-state index < -0.39 is 0 Å². The van der Waals surface area contributed by atoms with E-state index in [1.807, 2.05) is 0 Å². The van der Waals surface area contributed by atoms with Crippen molar-refractivity contribution in [2.75, 3.05) is 51.4 Å². The van der Waals surface area contributed by atoms with Crippen molar-refractivity contribution in [2.24, 2.45) is 0 Å². The van der Waals surface area contributed by atoms with Crippen molar-refractivity contribution in [3.63, 3.8) is 0 Å². The van der Waals surface area contributed by atoms with Crippen molar-refractivity contribution in [1.82, 2.24) is 10.2 Å². The largest absolute Gasteiger partial charge is 0.484 e. The number of nitrogens with zero attached hydrogens (tertiary/aromatic N) is 1. The summed E-state index contributed by atoms with van der Waals surface area (Å²) in [6, 6.07) is 7.10. The first-order valence-corrected chi connectivity index (χ1v) is 9.37. The van der Waals surface area contributed by atoms with E-state index in [2.05, 4.69) is 15.5 Å². The molecule has 2 atom stereocenters. The van der Waals surface area contributed by atoms with E-state index in [1.54, 1.807) is 31.2 Å². The van der Waals surface area contributed by atoms with E-state index in [0.717, 1.165) is 26.3 Å². The molecule has 3 rings (SSSR count). The molecule has 2 N–H and O–H groups in total. The number of benzene rings is 1. The zero-order valence-corrected chi connectivity index (χ0v) is 15.6. The lowest BCUT2D eigenvalue weighted by Gasteiger charge is -2.34. The zero-order chi connectivity index (χ0) is 19.1. The van der Waals surface area contributed by atoms with Crippen LogP contribution in [0.2, 0.25) is 0 Å². The molecule has 0 radical (unpaired) electrons. The fraction of sp³-hybridized carbons (Fsp3) is 0.579. The van der Waals surface area contributed by atoms with E-state index in [-0.39, 0.29) is 30.5 Å². The molecule has 148 valence electrons. The van der Waals surface area contributed by atoms with E-state index in [1.165, 1.54) is 0 Å². The maximum absolute atomic E-state index is 12.3. The molecule has 0 bridgehead atoms. The minimum absolute atomic E-state index is 0.0363. The normalized spacial score (nSPS) is 23.0. The first kappa shape index (κ1) is 19.6. The molecule has 2 amide bonds. The lowest BCUT2D eigenvalue weighted by molar-refractivity contribution is -0.124. The average molecular weight is 377 g/mol. The SMILES string of the molecule is CCC(=O)Nc1ccc(OCC(=O)NC2COCC2N2CCOCC2)cc1. The topological polar surface area (TPSA) is 89.1 Å². The highest BCUT2D eigenvalue weighted by molar-refractivity contribution is 5.90. The molecule has 1 aromatic carbocycles. The molecular weight excluding hydrogens is 350 g/mol. The van der Waals surface area contributed by atoms with Crippen LogP contribution in [0.25, 0.3) is 0 Å². The van der Waals surface area contributed by atoms with E-state index >= 15 is 0 Å². The standard InChI is InChI=1S/C19H27N3O5/c1-2-18(23)20-14-3-5-15(6-4-14)27-13-19(24)21-16-11-26-12-17(16)22-7-9-25-10-8-22/h3-6,16-17H,2,7-13H2,1H3,(H,20,23)(H,21,24). The van der Waals surface area contributed by atoms with Crippen molar-refractivity contribution < 1.29 is 23.8 Å². The molecule has 1 aromatic rings. The minimum atomic E-state index is -0.174. The van der Waals surface area contributed by atoms with Gasteiger partial charge in [-0.1, -0.05) is 6.92 Å². The number of hydrogen-bond acceptors (Lipinski definition) is 6. The van der Waals surface area contributed by atoms with E-state index in [4.69, 9.17) is 14.2 Å². The minimum Gasteiger partial charge on any atom is -0.484 e. The Hall–Kier alpha value is -2.16. The first-order valence-electron chi connectivity index (χ1n) is 9.37. The third-order valence-corrected chi connectivity index (χ3v) is 4.74. The predicted molar refractivity (Wildman–Crippen MR) is 99.8 cm³/mol. The molecule has 0 saturated carbocycles. The Bertz CT molecular complexity index is 631. The second-order valence-electron chi connectivity index (χ2n) is 6.64. The maximum atomic E-state index is 12.3. The summed E-state index contributed by atoms with van der Waals surface area (Å²) in [5, 5.41) is 5.78. The zero-order valence-electron chi connectivity index (χ0n) is 15.6. The Balaban J connectivity index is 1.44. The summed E-state index contributed by atoms with van der Waals surface area (Å²) in [5.74, 6) is 0.357. The summed E-state index contributed by atoms with van der Waals surface area (Å²) < 4.78 is 16.5. The third kappa shape index (κ3) is 5.66. The van der Waals surface area contributed by atoms with Crippen LogP contribution in [0.4, 0.5) is 5.69 Å². The van der Waals surface area contributed by atoms with Gasteiger partial charge in [-0.2, -0.15) is 0 Å². The Morgan fingerprint density at radius 3 is 2.56 bits per heavy atom. The summed E-state index contributed by atoms with van der Waals surface area (Å²) in [7, 11) is 0. The number of carbonyl (C=O) groups excluding carboxylic acids is 2. The molecule has 2 aliphatic heterocycles. The van der Waals surface area contributed by atoms with Crippen molar-refractivity contribution in [2.45, 2.75) is 25.4 Å². The van der Waals surface area contributed by atoms with Crippen LogP contribution in [-0.2, 0) is 19.1 Å². The fourth-order valence-electron chi connectivity index (χ4n) is 3.23. The third-order valence-electron chi connectivity index (χ3n) is 4.74. The van der Waals surface area contributed by atoms with Gasteiger partial charge in [-0.05, 0) is 24.3 Å². The van der Waals surface area contributed by atoms with Crippen molar-refractivity contribution in [3.05, 3.63) is 24.3 Å². The summed E-state index contributed by atoms with van der Waals surface area (Å²) >= 11 is 0. The van der Waals surface area contributed by atoms with E-state index in [9.17, 15) is 9.59 Å². The smallest absolute Gasteiger partial charge is 0.258 e. The summed E-state index contributed by atoms with van der Waals surface area (Å²) in [6.45, 7) is 6.02. The molecule has 0 aliphatic carbocycles. The van der Waals surface area contributed by atoms with Crippen LogP contribution in [0, 0.1) is 0 Å². The molecular formula is C19H27N3O5. The van der Waals surface area contributed by atoms with Gasteiger partial charge < -0.3 is 24.8 Å². The molecule has 2 heterocycles. The highest BCUT2D eigenvalue weighted by atomic mass is 16.5. The van der Waals surface area contributed by atoms with Crippen LogP contribution >= 0.6 is 0 Å². The molecule has 2 saturated heterocycles. The van der Waals surface area contributed by atoms with Crippen LogP contribution < -0.4 is 15.4 Å². The van der Waals surface area contributed by atoms with Gasteiger partial charge in [-0.25, -0.2) is 0 Å². The molecule has 8 heteroatoms. The van der Waals surface area contributed by atoms with Crippen LogP contribution in [0.3, 0.4) is 0 Å². The number of carbonyl (C=O) groups is 2. The Kier molecular flexibility index (Phi) is 7.03. The van der Waals surface area contributed by atoms with Crippen LogP contribution in [-0.4, -0.2) is 74.9 Å². The highest BCUT2D eigenvalue weighted by Gasteiger charge is 2.34. The number of hydrogen-bond donors (Lipinski definition) is 2. The maximum Gasteiger partial charge on any atom is 0.258 e. The number of rotatable bonds is 7. The summed E-state index contributed by atoms with van der Waals surface area (Å²) in [5.41, 5.74) is 0.704. The molecule has 2 aliphatic rings. The molecule has 2 unspecified atom stereocenters. The van der Waals surface area contributed by atoms with Gasteiger partial charge in [0.15, 0.2) is 6.61 Å². The number of morpholine rings is 1. The number of nitrogens with one attached hydrogen (secondary N) is 2. The lowest BCUT2D eigenvalue weighted by Crippen LogP contribution is -2.54. The average Bonchev–Trinajstić information content (AvgIpc) is 3.16. The van der Waals surface area contributed by atoms with Crippen molar-refractivity contribution in [1.29, 1.82) is 0 Å². The number of ether oxygens (including phenoxy) is 3. The number of amides is 2. The van der Waals surface area contributed by atoms with Gasteiger partial charge in [0.1, 0.15) is 5.75 Å². The predicted octanol–water partition coefficient (Wildman–Crippen LogP) is 0.630. The van der Waals surface area contributed by atoms with Crippen molar-refractivity contribution >= 4 is 17.5 Å². The highest BCUT2D eigenvalue weighted by Crippen LogP contribution is 2.17. The first-order chi connectivity index (χ1) is 13.2. The van der Waals surface area contributed by atoms with E-state index in [0.29, 0.717) is 31.1 Å². The second-order valence-corrected chi connectivity index (χ2v) is 6.64. The summed E-state index contributed by atoms with van der Waals surface area (Å²) in [4.78, 5) is 25.9. The second kappa shape index (κ2) is 9.68. The van der Waals surface area contributed by atoms with Gasteiger partial charge in [0.05, 0.1) is 38.5 Å². The molecule has 8 nitrogen and oxygen atoms in total. The van der Waals surface area contributed by atoms with Gasteiger partial charge in [-0.15, -0.1) is 0 Å². The monoisotopic (exact) mass is 377 g/mol. The Morgan fingerprint density at radius 2 is 1.85 bits per heavy atom. The van der Waals surface area contributed by atoms with Gasteiger partial charge in [0, 0.05) is 25.2 Å². The Morgan fingerprint density at radius 1 is 1.11 bits per heavy atom. The van der Waals surface area contributed by atoms with Crippen LogP contribution in [0.15, 0.2) is 24.3 Å². The van der Waals surface area contributed by atoms with Crippen molar-refractivity contribution in [3.8, 4) is 5.75 Å². The van der Waals surface area contributed by atoms with Gasteiger partial charge in [0.25, 0.3) is 5.91 Å². The lowest BCUT2D eigenvalue weighted by atomic mass is 10.1. The van der Waals surface area contributed by atoms with Gasteiger partial charge in [-0.3, -0.25) is 14.5 Å². The van der Waals surface area contributed by atoms with Gasteiger partial charge >= 0.3 is 0 Å². The number of anilines is 1. The summed E-state index contributed by atoms with van der Waals surface area (Å²) in [6.07, 6.45) is 0.425. The van der Waals surface area contributed by atoms with Crippen LogP contribution in [0.1, 0.15) is 13.3 Å².